The molecule has 64 valence electrons. The molecule has 0 aliphatic heterocycles. The Morgan fingerprint density at radius 1 is 1.33 bits per heavy atom. The van der Waals surface area contributed by atoms with Crippen LogP contribution in [0.1, 0.15) is 18.4 Å². The van der Waals surface area contributed by atoms with Gasteiger partial charge in [-0.2, -0.15) is 0 Å². The molecule has 0 amide bonds. The van der Waals surface area contributed by atoms with Crippen LogP contribution in [0.15, 0.2) is 18.2 Å². The molecule has 1 aliphatic rings. The van der Waals surface area contributed by atoms with Crippen molar-refractivity contribution in [1.82, 2.24) is 0 Å². The first-order valence-electron chi connectivity index (χ1n) is 3.83. The van der Waals surface area contributed by atoms with Crippen molar-refractivity contribution in [3.8, 4) is 5.75 Å². The van der Waals surface area contributed by atoms with Crippen LogP contribution < -0.4 is 0 Å². The Kier molecular flexibility index (Phi) is 1.56. The van der Waals surface area contributed by atoms with E-state index in [1.165, 1.54) is 6.07 Å². The number of hydrogen-bond donors (Lipinski definition) is 2. The summed E-state index contributed by atoms with van der Waals surface area (Å²) >= 11 is 5.65. The van der Waals surface area contributed by atoms with Gasteiger partial charge in [0.05, 0.1) is 5.60 Å². The molecular formula is C9H9ClO2. The van der Waals surface area contributed by atoms with Gasteiger partial charge in [0.25, 0.3) is 0 Å². The molecule has 12 heavy (non-hydrogen) atoms. The van der Waals surface area contributed by atoms with Gasteiger partial charge in [0, 0.05) is 10.6 Å². The Morgan fingerprint density at radius 3 is 2.50 bits per heavy atom. The van der Waals surface area contributed by atoms with Crippen LogP contribution in [0.5, 0.6) is 5.75 Å². The molecule has 1 fully saturated rings. The summed E-state index contributed by atoms with van der Waals surface area (Å²) in [6.07, 6.45) is 1.45. The van der Waals surface area contributed by atoms with Crippen molar-refractivity contribution in [2.45, 2.75) is 18.4 Å². The van der Waals surface area contributed by atoms with E-state index in [2.05, 4.69) is 0 Å². The zero-order chi connectivity index (χ0) is 8.77. The first kappa shape index (κ1) is 7.90. The molecule has 0 unspecified atom stereocenters. The van der Waals surface area contributed by atoms with Crippen molar-refractivity contribution >= 4 is 11.6 Å². The fourth-order valence-electron chi connectivity index (χ4n) is 1.29. The van der Waals surface area contributed by atoms with Crippen molar-refractivity contribution in [3.63, 3.8) is 0 Å². The molecule has 1 aromatic carbocycles. The van der Waals surface area contributed by atoms with E-state index in [0.717, 1.165) is 12.8 Å². The second-order valence-electron chi connectivity index (χ2n) is 3.19. The van der Waals surface area contributed by atoms with Crippen molar-refractivity contribution in [3.05, 3.63) is 28.8 Å². The van der Waals surface area contributed by atoms with Crippen LogP contribution in [0.4, 0.5) is 0 Å². The largest absolute Gasteiger partial charge is 0.508 e. The zero-order valence-corrected chi connectivity index (χ0v) is 7.17. The second kappa shape index (κ2) is 2.38. The standard InChI is InChI=1S/C9H9ClO2/c10-6-1-2-7(8(11)5-6)9(12)3-4-9/h1-2,5,11-12H,3-4H2. The van der Waals surface area contributed by atoms with E-state index in [9.17, 15) is 10.2 Å². The van der Waals surface area contributed by atoms with Crippen LogP contribution in [-0.2, 0) is 5.60 Å². The Labute approximate surface area is 75.4 Å². The highest BCUT2D eigenvalue weighted by atomic mass is 35.5. The third kappa shape index (κ3) is 1.17. The molecule has 0 spiro atoms. The van der Waals surface area contributed by atoms with E-state index in [4.69, 9.17) is 11.6 Å². The van der Waals surface area contributed by atoms with Crippen molar-refractivity contribution in [2.75, 3.05) is 0 Å². The van der Waals surface area contributed by atoms with Gasteiger partial charge in [-0.25, -0.2) is 0 Å². The van der Waals surface area contributed by atoms with E-state index in [1.54, 1.807) is 12.1 Å². The average Bonchev–Trinajstić information content (AvgIpc) is 2.68. The highest BCUT2D eigenvalue weighted by Gasteiger charge is 2.43. The topological polar surface area (TPSA) is 40.5 Å². The summed E-state index contributed by atoms with van der Waals surface area (Å²) in [5.74, 6) is 0.0856. The maximum atomic E-state index is 9.67. The Hall–Kier alpha value is -0.730. The third-order valence-corrected chi connectivity index (χ3v) is 2.42. The van der Waals surface area contributed by atoms with Crippen LogP contribution in [0.2, 0.25) is 5.02 Å². The highest BCUT2D eigenvalue weighted by Crippen LogP contribution is 2.48. The lowest BCUT2D eigenvalue weighted by atomic mass is 10.1. The van der Waals surface area contributed by atoms with Gasteiger partial charge in [-0.15, -0.1) is 0 Å². The quantitative estimate of drug-likeness (QED) is 0.701. The Morgan fingerprint density at radius 2 is 2.00 bits per heavy atom. The number of hydrogen-bond acceptors (Lipinski definition) is 2. The van der Waals surface area contributed by atoms with E-state index >= 15 is 0 Å². The third-order valence-electron chi connectivity index (χ3n) is 2.18. The lowest BCUT2D eigenvalue weighted by Gasteiger charge is -2.09. The molecule has 2 nitrogen and oxygen atoms in total. The number of aromatic hydroxyl groups is 1. The van der Waals surface area contributed by atoms with Gasteiger partial charge in [0.1, 0.15) is 5.75 Å². The zero-order valence-electron chi connectivity index (χ0n) is 6.42. The summed E-state index contributed by atoms with van der Waals surface area (Å²) in [6, 6.07) is 4.80. The van der Waals surface area contributed by atoms with Crippen LogP contribution in [0, 0.1) is 0 Å². The summed E-state index contributed by atoms with van der Waals surface area (Å²) < 4.78 is 0. The molecule has 0 atom stereocenters. The van der Waals surface area contributed by atoms with E-state index in [0.29, 0.717) is 10.6 Å². The predicted octanol–water partition coefficient (Wildman–Crippen LogP) is 2.03. The maximum absolute atomic E-state index is 9.67. The molecule has 1 aromatic rings. The predicted molar refractivity (Wildman–Crippen MR) is 46.2 cm³/mol. The van der Waals surface area contributed by atoms with Crippen LogP contribution in [-0.4, -0.2) is 10.2 Å². The minimum absolute atomic E-state index is 0.0856. The lowest BCUT2D eigenvalue weighted by Crippen LogP contribution is -2.03. The highest BCUT2D eigenvalue weighted by molar-refractivity contribution is 6.30. The van der Waals surface area contributed by atoms with Crippen LogP contribution >= 0.6 is 11.6 Å². The van der Waals surface area contributed by atoms with Gasteiger partial charge in [-0.3, -0.25) is 0 Å². The van der Waals surface area contributed by atoms with Gasteiger partial charge in [0.15, 0.2) is 0 Å². The minimum atomic E-state index is -0.783. The van der Waals surface area contributed by atoms with Crippen molar-refractivity contribution in [1.29, 1.82) is 0 Å². The van der Waals surface area contributed by atoms with Crippen molar-refractivity contribution < 1.29 is 10.2 Å². The molecule has 3 heteroatoms. The smallest absolute Gasteiger partial charge is 0.123 e. The molecule has 0 bridgehead atoms. The van der Waals surface area contributed by atoms with E-state index in [-0.39, 0.29) is 5.75 Å². The Balaban J connectivity index is 2.45. The summed E-state index contributed by atoms with van der Waals surface area (Å²) in [6.45, 7) is 0. The molecular weight excluding hydrogens is 176 g/mol. The number of halogens is 1. The molecule has 0 saturated heterocycles. The van der Waals surface area contributed by atoms with Crippen LogP contribution in [0.25, 0.3) is 0 Å². The van der Waals surface area contributed by atoms with E-state index in [1.807, 2.05) is 0 Å². The maximum Gasteiger partial charge on any atom is 0.123 e. The number of aliphatic hydroxyl groups is 1. The summed E-state index contributed by atoms with van der Waals surface area (Å²) in [5, 5.41) is 19.6. The van der Waals surface area contributed by atoms with E-state index < -0.39 is 5.60 Å². The number of phenolic OH excluding ortho intramolecular Hbond substituents is 1. The molecule has 1 aliphatic carbocycles. The van der Waals surface area contributed by atoms with Gasteiger partial charge in [-0.05, 0) is 25.0 Å². The van der Waals surface area contributed by atoms with Gasteiger partial charge >= 0.3 is 0 Å². The van der Waals surface area contributed by atoms with Gasteiger partial charge in [0.2, 0.25) is 0 Å². The SMILES string of the molecule is Oc1cc(Cl)ccc1C1(O)CC1. The first-order chi connectivity index (χ1) is 5.62. The number of phenols is 1. The average molecular weight is 185 g/mol. The summed E-state index contributed by atoms with van der Waals surface area (Å²) in [4.78, 5) is 0. The summed E-state index contributed by atoms with van der Waals surface area (Å²) in [5.41, 5.74) is -0.193. The molecule has 0 radical (unpaired) electrons. The van der Waals surface area contributed by atoms with Crippen molar-refractivity contribution in [2.24, 2.45) is 0 Å². The normalized spacial score (nSPS) is 19.2. The fourth-order valence-corrected chi connectivity index (χ4v) is 1.45. The minimum Gasteiger partial charge on any atom is -0.508 e. The monoisotopic (exact) mass is 184 g/mol. The molecule has 2 N–H and O–H groups in total. The first-order valence-corrected chi connectivity index (χ1v) is 4.21. The Bertz CT molecular complexity index is 318. The van der Waals surface area contributed by atoms with Crippen LogP contribution in [0.3, 0.4) is 0 Å². The summed E-state index contributed by atoms with van der Waals surface area (Å²) in [7, 11) is 0. The lowest BCUT2D eigenvalue weighted by molar-refractivity contribution is 0.148. The number of benzene rings is 1. The fraction of sp³-hybridized carbons (Fsp3) is 0.333. The second-order valence-corrected chi connectivity index (χ2v) is 3.63. The molecule has 2 rings (SSSR count). The number of rotatable bonds is 1. The molecule has 1 saturated carbocycles. The molecule has 0 aromatic heterocycles. The van der Waals surface area contributed by atoms with Gasteiger partial charge < -0.3 is 10.2 Å². The molecule has 0 heterocycles. The van der Waals surface area contributed by atoms with Gasteiger partial charge in [-0.1, -0.05) is 17.7 Å².